The summed E-state index contributed by atoms with van der Waals surface area (Å²) in [6, 6.07) is 2.68. The fourth-order valence-electron chi connectivity index (χ4n) is 4.41. The lowest BCUT2D eigenvalue weighted by molar-refractivity contribution is -0.129. The van der Waals surface area contributed by atoms with E-state index in [1.807, 2.05) is 24.8 Å². The van der Waals surface area contributed by atoms with Crippen molar-refractivity contribution in [1.82, 2.24) is 14.9 Å². The summed E-state index contributed by atoms with van der Waals surface area (Å²) in [4.78, 5) is 28.7. The molecule has 8 nitrogen and oxygen atoms in total. The summed E-state index contributed by atoms with van der Waals surface area (Å²) in [5.74, 6) is 0.203. The van der Waals surface area contributed by atoms with E-state index in [4.69, 9.17) is 4.74 Å². The molecular formula is C25H26F2N6O2. The average Bonchev–Trinajstić information content (AvgIpc) is 3.42. The highest BCUT2D eigenvalue weighted by atomic mass is 19.1. The fourth-order valence-corrected chi connectivity index (χ4v) is 4.41. The molecular weight excluding hydrogens is 454 g/mol. The van der Waals surface area contributed by atoms with Crippen LogP contribution in [0.5, 0.6) is 11.8 Å². The third-order valence-electron chi connectivity index (χ3n) is 6.25. The quantitative estimate of drug-likeness (QED) is 0.714. The normalized spacial score (nSPS) is 17.1. The van der Waals surface area contributed by atoms with Crippen molar-refractivity contribution >= 4 is 29.5 Å². The minimum atomic E-state index is -0.643. The summed E-state index contributed by atoms with van der Waals surface area (Å²) in [6.07, 6.45) is 3.92. The van der Waals surface area contributed by atoms with Gasteiger partial charge in [0.2, 0.25) is 5.91 Å². The van der Waals surface area contributed by atoms with E-state index < -0.39 is 11.6 Å². The number of allylic oxidation sites excluding steroid dienone is 1. The standard InChI is InChI=1S/C25H26F2N6O2/c1-14-8-17-18(9-14)24(27)20(11-19(17)26)35-25-30-22(29-21-10-15(2)13-28-21)12-23(31-25)33-6-4-32(5-7-33)16(3)34/h9-12H,4-8,13H2,1-3H3,(H,28,29,30,31). The molecule has 35 heavy (non-hydrogen) atoms. The van der Waals surface area contributed by atoms with Gasteiger partial charge < -0.3 is 19.9 Å². The second-order valence-electron chi connectivity index (χ2n) is 9.04. The molecule has 0 saturated carbocycles. The lowest BCUT2D eigenvalue weighted by Gasteiger charge is -2.35. The van der Waals surface area contributed by atoms with Crippen molar-refractivity contribution in [1.29, 1.82) is 0 Å². The predicted octanol–water partition coefficient (Wildman–Crippen LogP) is 3.95. The summed E-state index contributed by atoms with van der Waals surface area (Å²) in [5, 5.41) is 3.15. The van der Waals surface area contributed by atoms with Crippen molar-refractivity contribution in [3.63, 3.8) is 0 Å². The molecule has 1 fully saturated rings. The first-order valence-corrected chi connectivity index (χ1v) is 11.5. The number of ether oxygens (including phenoxy) is 1. The highest BCUT2D eigenvalue weighted by Crippen LogP contribution is 2.36. The number of hydrogen-bond acceptors (Lipinski definition) is 7. The van der Waals surface area contributed by atoms with Crippen molar-refractivity contribution in [2.75, 3.05) is 42.9 Å². The van der Waals surface area contributed by atoms with Crippen LogP contribution in [0.15, 0.2) is 34.3 Å². The number of carbonyl (C=O) groups excluding carboxylic acids is 1. The first kappa shape index (κ1) is 22.9. The summed E-state index contributed by atoms with van der Waals surface area (Å²) < 4.78 is 35.6. The molecule has 2 aliphatic heterocycles. The first-order chi connectivity index (χ1) is 16.8. The summed E-state index contributed by atoms with van der Waals surface area (Å²) in [5.41, 5.74) is 2.52. The van der Waals surface area contributed by atoms with Crippen molar-refractivity contribution in [3.05, 3.63) is 52.1 Å². The zero-order valence-electron chi connectivity index (χ0n) is 19.9. The number of nitrogens with one attached hydrogen (secondary N) is 1. The van der Waals surface area contributed by atoms with Crippen LogP contribution in [-0.4, -0.2) is 59.3 Å². The Bertz CT molecular complexity index is 1300. The molecule has 0 radical (unpaired) electrons. The van der Waals surface area contributed by atoms with E-state index in [-0.39, 0.29) is 23.2 Å². The Hall–Kier alpha value is -3.82. The van der Waals surface area contributed by atoms with Crippen LogP contribution in [0.2, 0.25) is 0 Å². The van der Waals surface area contributed by atoms with Gasteiger partial charge in [0.05, 0.1) is 6.54 Å². The maximum Gasteiger partial charge on any atom is 0.326 e. The molecule has 5 rings (SSSR count). The number of fused-ring (bicyclic) bond motifs is 1. The van der Waals surface area contributed by atoms with Gasteiger partial charge in [-0.25, -0.2) is 8.78 Å². The average molecular weight is 481 g/mol. The van der Waals surface area contributed by atoms with E-state index in [0.717, 1.165) is 17.2 Å². The maximum absolute atomic E-state index is 15.2. The van der Waals surface area contributed by atoms with Crippen LogP contribution in [0.4, 0.5) is 20.4 Å². The number of anilines is 2. The second kappa shape index (κ2) is 9.09. The van der Waals surface area contributed by atoms with E-state index >= 15 is 4.39 Å². The van der Waals surface area contributed by atoms with E-state index in [9.17, 15) is 9.18 Å². The molecule has 0 spiro atoms. The lowest BCUT2D eigenvalue weighted by atomic mass is 10.1. The molecule has 1 amide bonds. The number of amidine groups is 1. The molecule has 0 atom stereocenters. The van der Waals surface area contributed by atoms with Gasteiger partial charge >= 0.3 is 6.01 Å². The number of carbonyl (C=O) groups is 1. The number of rotatable bonds is 4. The van der Waals surface area contributed by atoms with Crippen LogP contribution in [0.3, 0.4) is 0 Å². The Kier molecular flexibility index (Phi) is 5.96. The van der Waals surface area contributed by atoms with Gasteiger partial charge in [0.1, 0.15) is 23.3 Å². The Morgan fingerprint density at radius 1 is 1.06 bits per heavy atom. The van der Waals surface area contributed by atoms with Gasteiger partial charge in [-0.15, -0.1) is 0 Å². The van der Waals surface area contributed by atoms with E-state index in [2.05, 4.69) is 20.3 Å². The van der Waals surface area contributed by atoms with E-state index in [1.54, 1.807) is 24.0 Å². The number of aromatic nitrogens is 2. The molecule has 2 aromatic rings. The van der Waals surface area contributed by atoms with Crippen molar-refractivity contribution < 1.29 is 18.3 Å². The van der Waals surface area contributed by atoms with Crippen LogP contribution in [0, 0.1) is 11.6 Å². The van der Waals surface area contributed by atoms with Crippen LogP contribution < -0.4 is 15.0 Å². The SMILES string of the molecule is CC(=O)N1CCN(c2cc(NC3=NCC(C)=C3)nc(Oc3cc(F)c4c(c3F)C=C(C)C4)n2)CC1. The molecule has 0 unspecified atom stereocenters. The largest absolute Gasteiger partial charge is 0.421 e. The van der Waals surface area contributed by atoms with E-state index in [1.165, 1.54) is 0 Å². The van der Waals surface area contributed by atoms with Gasteiger partial charge in [0.25, 0.3) is 0 Å². The number of amides is 1. The number of aliphatic imine (C=N–C) groups is 1. The molecule has 182 valence electrons. The monoisotopic (exact) mass is 480 g/mol. The van der Waals surface area contributed by atoms with Gasteiger partial charge in [0, 0.05) is 56.4 Å². The minimum Gasteiger partial charge on any atom is -0.421 e. The number of benzene rings is 1. The molecule has 3 aliphatic rings. The van der Waals surface area contributed by atoms with Crippen molar-refractivity contribution in [3.8, 4) is 11.8 Å². The number of halogens is 2. The zero-order chi connectivity index (χ0) is 24.7. The van der Waals surface area contributed by atoms with Crippen LogP contribution >= 0.6 is 0 Å². The molecule has 1 aromatic heterocycles. The third kappa shape index (κ3) is 4.73. The molecule has 1 N–H and O–H groups in total. The van der Waals surface area contributed by atoms with Crippen molar-refractivity contribution in [2.24, 2.45) is 4.99 Å². The zero-order valence-corrected chi connectivity index (χ0v) is 19.9. The fraction of sp³-hybridized carbons (Fsp3) is 0.360. The molecule has 1 saturated heterocycles. The number of piperazine rings is 1. The first-order valence-electron chi connectivity index (χ1n) is 11.5. The Morgan fingerprint density at radius 2 is 1.83 bits per heavy atom. The predicted molar refractivity (Wildman–Crippen MR) is 130 cm³/mol. The lowest BCUT2D eigenvalue weighted by Crippen LogP contribution is -2.48. The van der Waals surface area contributed by atoms with E-state index in [0.29, 0.717) is 62.2 Å². The third-order valence-corrected chi connectivity index (χ3v) is 6.25. The molecule has 1 aliphatic carbocycles. The van der Waals surface area contributed by atoms with Crippen LogP contribution in [0.25, 0.3) is 6.08 Å². The van der Waals surface area contributed by atoms with Gasteiger partial charge in [-0.2, -0.15) is 9.97 Å². The van der Waals surface area contributed by atoms with Gasteiger partial charge in [-0.05, 0) is 31.9 Å². The Labute approximate surface area is 202 Å². The molecule has 0 bridgehead atoms. The topological polar surface area (TPSA) is 83.0 Å². The van der Waals surface area contributed by atoms with Gasteiger partial charge in [-0.1, -0.05) is 11.6 Å². The summed E-state index contributed by atoms with van der Waals surface area (Å²) >= 11 is 0. The van der Waals surface area contributed by atoms with Gasteiger partial charge in [0.15, 0.2) is 11.6 Å². The molecule has 3 heterocycles. The van der Waals surface area contributed by atoms with Crippen LogP contribution in [0.1, 0.15) is 31.9 Å². The maximum atomic E-state index is 15.2. The molecule has 10 heteroatoms. The van der Waals surface area contributed by atoms with Crippen LogP contribution in [-0.2, 0) is 11.2 Å². The summed E-state index contributed by atoms with van der Waals surface area (Å²) in [6.45, 7) is 8.22. The van der Waals surface area contributed by atoms with Gasteiger partial charge in [-0.3, -0.25) is 9.79 Å². The summed E-state index contributed by atoms with van der Waals surface area (Å²) in [7, 11) is 0. The molecule has 1 aromatic carbocycles. The van der Waals surface area contributed by atoms with Crippen molar-refractivity contribution in [2.45, 2.75) is 27.2 Å². The minimum absolute atomic E-state index is 0.0264. The number of hydrogen-bond donors (Lipinski definition) is 1. The highest BCUT2D eigenvalue weighted by Gasteiger charge is 2.25. The number of nitrogens with zero attached hydrogens (tertiary/aromatic N) is 5. The second-order valence-corrected chi connectivity index (χ2v) is 9.04. The highest BCUT2D eigenvalue weighted by molar-refractivity contribution is 6.05. The Balaban J connectivity index is 1.47. The Morgan fingerprint density at radius 3 is 2.51 bits per heavy atom. The smallest absolute Gasteiger partial charge is 0.326 e.